The fourth-order valence-corrected chi connectivity index (χ4v) is 6.04. The van der Waals surface area contributed by atoms with Gasteiger partial charge < -0.3 is 29.6 Å². The number of aromatic nitrogens is 1. The molecule has 1 aromatic heterocycles. The molecule has 12 heteroatoms. The van der Waals surface area contributed by atoms with Gasteiger partial charge in [-0.15, -0.1) is 0 Å². The van der Waals surface area contributed by atoms with Crippen LogP contribution in [0, 0.1) is 28.9 Å². The molecule has 2 saturated carbocycles. The second kappa shape index (κ2) is 13.4. The zero-order valence-electron chi connectivity index (χ0n) is 26.5. The summed E-state index contributed by atoms with van der Waals surface area (Å²) in [5.41, 5.74) is -0.121. The molecule has 1 unspecified atom stereocenters. The van der Waals surface area contributed by atoms with Gasteiger partial charge in [0, 0.05) is 54.7 Å². The number of ether oxygens (including phenoxy) is 4. The van der Waals surface area contributed by atoms with Crippen molar-refractivity contribution in [3.8, 4) is 23.0 Å². The van der Waals surface area contributed by atoms with Crippen LogP contribution in [0.15, 0.2) is 66.9 Å². The van der Waals surface area contributed by atoms with Crippen LogP contribution in [0.2, 0.25) is 0 Å². The number of amides is 2. The Morgan fingerprint density at radius 3 is 2.33 bits per heavy atom. The summed E-state index contributed by atoms with van der Waals surface area (Å²) < 4.78 is 51.8. The van der Waals surface area contributed by atoms with Crippen LogP contribution < -0.4 is 24.8 Å². The van der Waals surface area contributed by atoms with Gasteiger partial charge in [0.05, 0.1) is 32.4 Å². The number of hydrogen-bond donors (Lipinski definition) is 2. The number of anilines is 2. The van der Waals surface area contributed by atoms with Gasteiger partial charge in [-0.25, -0.2) is 8.78 Å². The van der Waals surface area contributed by atoms with E-state index in [1.54, 1.807) is 31.5 Å². The molecule has 3 fully saturated rings. The van der Waals surface area contributed by atoms with E-state index in [2.05, 4.69) is 20.5 Å². The number of pyridine rings is 1. The van der Waals surface area contributed by atoms with Gasteiger partial charge in [-0.2, -0.15) is 0 Å². The number of hydrogen-bond acceptors (Lipinski definition) is 8. The van der Waals surface area contributed by atoms with E-state index in [-0.39, 0.29) is 11.4 Å². The van der Waals surface area contributed by atoms with Crippen molar-refractivity contribution in [1.82, 2.24) is 9.88 Å². The Morgan fingerprint density at radius 1 is 0.896 bits per heavy atom. The smallest absolute Gasteiger partial charge is 0.240 e. The quantitative estimate of drug-likeness (QED) is 0.178. The minimum atomic E-state index is -1.28. The lowest BCUT2D eigenvalue weighted by Gasteiger charge is -2.26. The summed E-state index contributed by atoms with van der Waals surface area (Å²) in [5.74, 6) is 0.313. The Morgan fingerprint density at radius 2 is 1.62 bits per heavy atom. The van der Waals surface area contributed by atoms with Gasteiger partial charge >= 0.3 is 0 Å². The Labute approximate surface area is 276 Å². The third kappa shape index (κ3) is 6.90. The Kier molecular flexibility index (Phi) is 8.84. The predicted octanol–water partition coefficient (Wildman–Crippen LogP) is 6.02. The molecule has 3 aliphatic rings. The highest BCUT2D eigenvalue weighted by atomic mass is 19.1. The van der Waals surface area contributed by atoms with Crippen molar-refractivity contribution < 1.29 is 37.3 Å². The van der Waals surface area contributed by atoms with Crippen molar-refractivity contribution in [2.45, 2.75) is 19.3 Å². The Balaban J connectivity index is 0.990. The molecule has 1 aliphatic heterocycles. The molecule has 2 heterocycles. The van der Waals surface area contributed by atoms with Gasteiger partial charge in [-0.05, 0) is 79.6 Å². The first-order chi connectivity index (χ1) is 23.3. The molecule has 4 aromatic rings. The number of rotatable bonds is 12. The van der Waals surface area contributed by atoms with E-state index in [1.807, 2.05) is 0 Å². The van der Waals surface area contributed by atoms with Crippen LogP contribution in [-0.4, -0.2) is 68.3 Å². The molecule has 2 amide bonds. The SMILES string of the molecule is COc1cc2c(Oc3ccc(NC(=O)C4(C(=O)Nc5ccc(F)cc5)CC4)cc3F)ccnc2cc1OCC1C[C@H]1CN1CCOCC1. The summed E-state index contributed by atoms with van der Waals surface area (Å²) >= 11 is 0. The molecule has 48 heavy (non-hydrogen) atoms. The molecule has 7 rings (SSSR count). The van der Waals surface area contributed by atoms with E-state index in [0.717, 1.165) is 45.3 Å². The Hall–Kier alpha value is -4.81. The molecule has 1 saturated heterocycles. The van der Waals surface area contributed by atoms with E-state index >= 15 is 4.39 Å². The van der Waals surface area contributed by atoms with Crippen LogP contribution in [-0.2, 0) is 14.3 Å². The summed E-state index contributed by atoms with van der Waals surface area (Å²) in [4.78, 5) is 32.9. The maximum Gasteiger partial charge on any atom is 0.240 e. The normalized spacial score (nSPS) is 19.7. The molecule has 2 N–H and O–H groups in total. The Bertz CT molecular complexity index is 1830. The molecule has 3 aromatic carbocycles. The fourth-order valence-electron chi connectivity index (χ4n) is 6.04. The van der Waals surface area contributed by atoms with Crippen molar-refractivity contribution in [2.75, 3.05) is 57.2 Å². The van der Waals surface area contributed by atoms with Crippen LogP contribution in [0.1, 0.15) is 19.3 Å². The molecule has 0 spiro atoms. The highest BCUT2D eigenvalue weighted by Crippen LogP contribution is 2.48. The van der Waals surface area contributed by atoms with Gasteiger partial charge in [0.2, 0.25) is 11.8 Å². The highest BCUT2D eigenvalue weighted by molar-refractivity contribution is 6.16. The average Bonchev–Trinajstić information content (AvgIpc) is 4.03. The van der Waals surface area contributed by atoms with Crippen LogP contribution >= 0.6 is 0 Å². The number of nitrogens with zero attached hydrogens (tertiary/aromatic N) is 2. The first-order valence-electron chi connectivity index (χ1n) is 16.1. The standard InChI is InChI=1S/C36H36F2N4O6/c1-45-32-18-27-29(19-33(32)47-21-23-16-22(23)20-42-12-14-46-15-13-42)39-11-8-30(27)48-31-7-6-26(17-28(31)38)41-35(44)36(9-10-36)34(43)40-25-4-2-24(37)3-5-25/h2-8,11,17-19,22-23H,9-10,12-16,20-21H2,1H3,(H,40,43)(H,41,44)/t22-,23?/m0/s1. The minimum absolute atomic E-state index is 0.0602. The zero-order chi connectivity index (χ0) is 33.3. The summed E-state index contributed by atoms with van der Waals surface area (Å²) in [6.45, 7) is 5.19. The topological polar surface area (TPSA) is 111 Å². The lowest BCUT2D eigenvalue weighted by molar-refractivity contribution is -0.131. The van der Waals surface area contributed by atoms with Crippen LogP contribution in [0.5, 0.6) is 23.0 Å². The van der Waals surface area contributed by atoms with Crippen molar-refractivity contribution in [3.63, 3.8) is 0 Å². The number of nitrogens with one attached hydrogen (secondary N) is 2. The third-order valence-corrected chi connectivity index (χ3v) is 9.24. The van der Waals surface area contributed by atoms with E-state index < -0.39 is 28.9 Å². The largest absolute Gasteiger partial charge is 0.493 e. The average molecular weight is 659 g/mol. The van der Waals surface area contributed by atoms with Gasteiger partial charge in [0.1, 0.15) is 17.0 Å². The number of fused-ring (bicyclic) bond motifs is 1. The molecule has 2 aliphatic carbocycles. The maximum absolute atomic E-state index is 15.3. The van der Waals surface area contributed by atoms with Crippen molar-refractivity contribution in [3.05, 3.63) is 78.5 Å². The van der Waals surface area contributed by atoms with Gasteiger partial charge in [-0.1, -0.05) is 0 Å². The van der Waals surface area contributed by atoms with E-state index in [4.69, 9.17) is 18.9 Å². The van der Waals surface area contributed by atoms with Gasteiger partial charge in [-0.3, -0.25) is 19.5 Å². The predicted molar refractivity (Wildman–Crippen MR) is 174 cm³/mol. The number of benzene rings is 3. The van der Waals surface area contributed by atoms with E-state index in [0.29, 0.717) is 65.1 Å². The number of methoxy groups -OCH3 is 1. The van der Waals surface area contributed by atoms with E-state index in [9.17, 15) is 14.0 Å². The van der Waals surface area contributed by atoms with Crippen LogP contribution in [0.3, 0.4) is 0 Å². The first-order valence-corrected chi connectivity index (χ1v) is 16.1. The second-order valence-corrected chi connectivity index (χ2v) is 12.6. The maximum atomic E-state index is 15.3. The highest BCUT2D eigenvalue weighted by Gasteiger charge is 2.56. The molecule has 250 valence electrons. The molecule has 0 radical (unpaired) electrons. The number of halogens is 2. The monoisotopic (exact) mass is 658 g/mol. The summed E-state index contributed by atoms with van der Waals surface area (Å²) in [5, 5.41) is 5.91. The van der Waals surface area contributed by atoms with Crippen molar-refractivity contribution in [1.29, 1.82) is 0 Å². The summed E-state index contributed by atoms with van der Waals surface area (Å²) in [7, 11) is 1.56. The van der Waals surface area contributed by atoms with Crippen molar-refractivity contribution in [2.24, 2.45) is 17.3 Å². The summed E-state index contributed by atoms with van der Waals surface area (Å²) in [6, 6.07) is 14.5. The fraction of sp³-hybridized carbons (Fsp3) is 0.361. The van der Waals surface area contributed by atoms with Crippen LogP contribution in [0.4, 0.5) is 20.2 Å². The molecule has 0 bridgehead atoms. The number of morpholine rings is 1. The molecular weight excluding hydrogens is 622 g/mol. The van der Waals surface area contributed by atoms with Gasteiger partial charge in [0.25, 0.3) is 0 Å². The lowest BCUT2D eigenvalue weighted by atomic mass is 10.0. The molecular formula is C36H36F2N4O6. The number of carbonyl (C=O) groups is 2. The number of carbonyl (C=O) groups excluding carboxylic acids is 2. The van der Waals surface area contributed by atoms with E-state index in [1.165, 1.54) is 36.4 Å². The second-order valence-electron chi connectivity index (χ2n) is 12.6. The summed E-state index contributed by atoms with van der Waals surface area (Å²) in [6.07, 6.45) is 3.39. The first kappa shape index (κ1) is 31.8. The van der Waals surface area contributed by atoms with Crippen molar-refractivity contribution >= 4 is 34.1 Å². The lowest BCUT2D eigenvalue weighted by Crippen LogP contribution is -2.37. The third-order valence-electron chi connectivity index (χ3n) is 9.24. The zero-order valence-corrected chi connectivity index (χ0v) is 26.5. The minimum Gasteiger partial charge on any atom is -0.493 e. The van der Waals surface area contributed by atoms with Crippen LogP contribution in [0.25, 0.3) is 10.9 Å². The molecule has 10 nitrogen and oxygen atoms in total. The molecule has 2 atom stereocenters. The van der Waals surface area contributed by atoms with Gasteiger partial charge in [0.15, 0.2) is 23.1 Å².